The zero-order valence-corrected chi connectivity index (χ0v) is 23.1. The molecule has 0 aliphatic heterocycles. The summed E-state index contributed by atoms with van der Waals surface area (Å²) in [5.41, 5.74) is 0. The number of hydrogen-bond donors (Lipinski definition) is 3. The first-order valence-corrected chi connectivity index (χ1v) is 14.2. The molecular weight excluding hydrogens is 562 g/mol. The van der Waals surface area contributed by atoms with Gasteiger partial charge in [-0.2, -0.15) is 0 Å². The van der Waals surface area contributed by atoms with Crippen molar-refractivity contribution in [3.63, 3.8) is 0 Å². The van der Waals surface area contributed by atoms with Gasteiger partial charge in [0.1, 0.15) is 19.3 Å². The monoisotopic (exact) mass is 596 g/mol. The number of aliphatic hydroxyl groups excluding tert-OH is 1. The van der Waals surface area contributed by atoms with E-state index >= 15 is 0 Å². The standard InChI is InChI=1S/C19H34O17P2/c1-5-18(23)30-10-17(36-19(24)6-2)12-34-38(27,28)32-8-15(22)7-31-37(25,26)33-11-16(35-14(4)21)9-29-13(3)20/h15-17,22H,5-12H2,1-4H3,(H,25,26)(H,27,28)/t15-,16+,17+/m0/s1. The van der Waals surface area contributed by atoms with Crippen molar-refractivity contribution in [2.75, 3.05) is 39.6 Å². The number of phosphoric acid groups is 2. The second-order valence-corrected chi connectivity index (χ2v) is 10.2. The Morgan fingerprint density at radius 3 is 1.47 bits per heavy atom. The van der Waals surface area contributed by atoms with Crippen molar-refractivity contribution < 1.29 is 80.2 Å². The van der Waals surface area contributed by atoms with Crippen LogP contribution in [0.1, 0.15) is 40.5 Å². The summed E-state index contributed by atoms with van der Waals surface area (Å²) in [7, 11) is -9.64. The summed E-state index contributed by atoms with van der Waals surface area (Å²) in [6.45, 7) is 1.06. The van der Waals surface area contributed by atoms with Crippen LogP contribution in [-0.4, -0.2) is 96.7 Å². The van der Waals surface area contributed by atoms with Gasteiger partial charge in [0.2, 0.25) is 0 Å². The van der Waals surface area contributed by atoms with Gasteiger partial charge in [-0.3, -0.25) is 37.3 Å². The highest BCUT2D eigenvalue weighted by Crippen LogP contribution is 2.45. The molecule has 5 atom stereocenters. The van der Waals surface area contributed by atoms with Crippen molar-refractivity contribution in [2.45, 2.75) is 58.8 Å². The molecule has 19 heteroatoms. The summed E-state index contributed by atoms with van der Waals surface area (Å²) in [4.78, 5) is 64.2. The van der Waals surface area contributed by atoms with Crippen LogP contribution in [0.5, 0.6) is 0 Å². The van der Waals surface area contributed by atoms with Crippen LogP contribution < -0.4 is 0 Å². The maximum absolute atomic E-state index is 12.1. The number of aliphatic hydroxyl groups is 1. The van der Waals surface area contributed by atoms with Gasteiger partial charge in [0.05, 0.1) is 26.4 Å². The first-order valence-electron chi connectivity index (χ1n) is 11.2. The molecule has 0 aliphatic rings. The number of phosphoric ester groups is 2. The molecule has 17 nitrogen and oxygen atoms in total. The Labute approximate surface area is 218 Å². The summed E-state index contributed by atoms with van der Waals surface area (Å²) in [5, 5.41) is 9.84. The van der Waals surface area contributed by atoms with E-state index in [1.54, 1.807) is 0 Å². The average Bonchev–Trinajstić information content (AvgIpc) is 2.84. The van der Waals surface area contributed by atoms with Crippen LogP contribution in [0.25, 0.3) is 0 Å². The third-order valence-corrected chi connectivity index (χ3v) is 5.72. The van der Waals surface area contributed by atoms with Gasteiger partial charge in [0, 0.05) is 26.7 Å². The van der Waals surface area contributed by atoms with Gasteiger partial charge in [-0.1, -0.05) is 13.8 Å². The molecule has 0 rings (SSSR count). The molecule has 222 valence electrons. The van der Waals surface area contributed by atoms with Gasteiger partial charge in [0.25, 0.3) is 0 Å². The second kappa shape index (κ2) is 18.4. The minimum absolute atomic E-state index is 0.0211. The number of carbonyl (C=O) groups excluding carboxylic acids is 4. The van der Waals surface area contributed by atoms with E-state index in [2.05, 4.69) is 18.3 Å². The lowest BCUT2D eigenvalue weighted by Gasteiger charge is -2.21. The number of hydrogen-bond acceptors (Lipinski definition) is 15. The summed E-state index contributed by atoms with van der Waals surface area (Å²) in [5.74, 6) is -2.77. The van der Waals surface area contributed by atoms with Gasteiger partial charge in [-0.25, -0.2) is 9.13 Å². The van der Waals surface area contributed by atoms with Crippen LogP contribution in [0.2, 0.25) is 0 Å². The molecule has 0 radical (unpaired) electrons. The van der Waals surface area contributed by atoms with Crippen LogP contribution in [0, 0.1) is 0 Å². The summed E-state index contributed by atoms with van der Waals surface area (Å²) < 4.78 is 61.7. The normalized spacial score (nSPS) is 16.7. The molecule has 2 unspecified atom stereocenters. The summed E-state index contributed by atoms with van der Waals surface area (Å²) in [6, 6.07) is 0. The zero-order valence-electron chi connectivity index (χ0n) is 21.3. The Morgan fingerprint density at radius 2 is 1.05 bits per heavy atom. The molecule has 0 aromatic carbocycles. The number of rotatable bonds is 20. The van der Waals surface area contributed by atoms with Gasteiger partial charge in [-0.15, -0.1) is 0 Å². The Morgan fingerprint density at radius 1 is 0.632 bits per heavy atom. The maximum atomic E-state index is 12.1. The molecule has 0 aliphatic carbocycles. The van der Waals surface area contributed by atoms with Crippen molar-refractivity contribution in [1.29, 1.82) is 0 Å². The lowest BCUT2D eigenvalue weighted by molar-refractivity contribution is -0.160. The van der Waals surface area contributed by atoms with Crippen LogP contribution in [0.3, 0.4) is 0 Å². The van der Waals surface area contributed by atoms with E-state index in [4.69, 9.17) is 18.7 Å². The van der Waals surface area contributed by atoms with Gasteiger partial charge in [0.15, 0.2) is 12.2 Å². The molecule has 0 spiro atoms. The van der Waals surface area contributed by atoms with Gasteiger partial charge in [-0.05, 0) is 0 Å². The molecule has 3 N–H and O–H groups in total. The number of carbonyl (C=O) groups is 4. The molecule has 0 saturated carbocycles. The average molecular weight is 596 g/mol. The van der Waals surface area contributed by atoms with Crippen molar-refractivity contribution >= 4 is 39.5 Å². The van der Waals surface area contributed by atoms with E-state index in [9.17, 15) is 43.2 Å². The minimum Gasteiger partial charge on any atom is -0.462 e. The van der Waals surface area contributed by atoms with Crippen molar-refractivity contribution in [3.05, 3.63) is 0 Å². The third-order valence-electron chi connectivity index (χ3n) is 3.82. The third kappa shape index (κ3) is 19.2. The lowest BCUT2D eigenvalue weighted by Crippen LogP contribution is -2.29. The highest BCUT2D eigenvalue weighted by molar-refractivity contribution is 7.47. The number of ether oxygens (including phenoxy) is 4. The van der Waals surface area contributed by atoms with E-state index in [1.807, 2.05) is 0 Å². The van der Waals surface area contributed by atoms with E-state index in [0.717, 1.165) is 13.8 Å². The van der Waals surface area contributed by atoms with Crippen LogP contribution in [-0.2, 0) is 65.4 Å². The van der Waals surface area contributed by atoms with Crippen LogP contribution >= 0.6 is 15.6 Å². The van der Waals surface area contributed by atoms with Crippen LogP contribution in [0.4, 0.5) is 0 Å². The fourth-order valence-electron chi connectivity index (χ4n) is 2.07. The molecule has 38 heavy (non-hydrogen) atoms. The van der Waals surface area contributed by atoms with Gasteiger partial charge >= 0.3 is 39.5 Å². The zero-order chi connectivity index (χ0) is 29.4. The SMILES string of the molecule is CCC(=O)OC[C@H](COP(=O)(O)OC[C@@H](O)COP(=O)(O)OC[C@@H](COC(C)=O)OC(C)=O)OC(=O)CC. The molecule has 0 saturated heterocycles. The quantitative estimate of drug-likeness (QED) is 0.0978. The molecule has 0 aromatic rings. The fourth-order valence-corrected chi connectivity index (χ4v) is 3.65. The Hall–Kier alpha value is -1.94. The lowest BCUT2D eigenvalue weighted by atomic mass is 10.4. The van der Waals surface area contributed by atoms with E-state index in [0.29, 0.717) is 0 Å². The molecular formula is C19H34O17P2. The minimum atomic E-state index is -4.83. The summed E-state index contributed by atoms with van der Waals surface area (Å²) in [6.07, 6.45) is -4.13. The molecule has 0 heterocycles. The molecule has 0 aromatic heterocycles. The predicted octanol–water partition coefficient (Wildman–Crippen LogP) is 0.384. The molecule has 0 fully saturated rings. The highest BCUT2D eigenvalue weighted by Gasteiger charge is 2.29. The van der Waals surface area contributed by atoms with E-state index in [1.165, 1.54) is 13.8 Å². The Bertz CT molecular complexity index is 862. The maximum Gasteiger partial charge on any atom is 0.472 e. The van der Waals surface area contributed by atoms with Crippen molar-refractivity contribution in [1.82, 2.24) is 0 Å². The highest BCUT2D eigenvalue weighted by atomic mass is 31.2. The second-order valence-electron chi connectivity index (χ2n) is 7.31. The first kappa shape index (κ1) is 36.1. The first-order chi connectivity index (χ1) is 17.6. The van der Waals surface area contributed by atoms with E-state index in [-0.39, 0.29) is 12.8 Å². The van der Waals surface area contributed by atoms with Gasteiger partial charge < -0.3 is 33.8 Å². The van der Waals surface area contributed by atoms with E-state index < -0.39 is 97.5 Å². The summed E-state index contributed by atoms with van der Waals surface area (Å²) >= 11 is 0. The Balaban J connectivity index is 4.66. The Kier molecular flexibility index (Phi) is 17.4. The molecule has 0 bridgehead atoms. The number of esters is 4. The molecule has 0 amide bonds. The fraction of sp³-hybridized carbons (Fsp3) is 0.789. The van der Waals surface area contributed by atoms with Crippen molar-refractivity contribution in [2.24, 2.45) is 0 Å². The van der Waals surface area contributed by atoms with Crippen molar-refractivity contribution in [3.8, 4) is 0 Å². The smallest absolute Gasteiger partial charge is 0.462 e. The predicted molar refractivity (Wildman–Crippen MR) is 123 cm³/mol. The topological polar surface area (TPSA) is 237 Å². The largest absolute Gasteiger partial charge is 0.472 e. The van der Waals surface area contributed by atoms with Crippen LogP contribution in [0.15, 0.2) is 0 Å².